The predicted molar refractivity (Wildman–Crippen MR) is 82.2 cm³/mol. The van der Waals surface area contributed by atoms with Crippen LogP contribution in [0.4, 0.5) is 16.4 Å². The van der Waals surface area contributed by atoms with Crippen molar-refractivity contribution in [2.75, 3.05) is 11.1 Å². The van der Waals surface area contributed by atoms with Crippen LogP contribution in [-0.4, -0.2) is 26.7 Å². The highest BCUT2D eigenvalue weighted by Crippen LogP contribution is 2.25. The molecule has 3 aromatic rings. The lowest BCUT2D eigenvalue weighted by Crippen LogP contribution is -2.13. The number of nitrogens with zero attached hydrogens (tertiary/aromatic N) is 2. The molecule has 0 aliphatic heterocycles. The summed E-state index contributed by atoms with van der Waals surface area (Å²) in [5, 5.41) is 11.9. The molecule has 2 heterocycles. The fourth-order valence-corrected chi connectivity index (χ4v) is 2.13. The number of amides is 1. The van der Waals surface area contributed by atoms with Crippen molar-refractivity contribution in [2.45, 2.75) is 0 Å². The summed E-state index contributed by atoms with van der Waals surface area (Å²) in [7, 11) is 0. The van der Waals surface area contributed by atoms with Gasteiger partial charge in [0.15, 0.2) is 5.76 Å². The molecule has 4 N–H and O–H groups in total. The number of carbonyl (C=O) groups is 2. The molecule has 3 rings (SSSR count). The molecule has 0 saturated heterocycles. The third kappa shape index (κ3) is 2.77. The number of hydrogen-bond donors (Lipinski definition) is 3. The number of furan rings is 1. The summed E-state index contributed by atoms with van der Waals surface area (Å²) in [5.74, 6) is -0.355. The largest absolute Gasteiger partial charge is 0.464 e. The monoisotopic (exact) mass is 312 g/mol. The highest BCUT2D eigenvalue weighted by molar-refractivity contribution is 6.02. The lowest BCUT2D eigenvalue weighted by molar-refractivity contribution is 0.0996. The topological polar surface area (TPSA) is 123 Å². The smallest absolute Gasteiger partial charge is 0.418 e. The Kier molecular flexibility index (Phi) is 3.55. The van der Waals surface area contributed by atoms with Crippen molar-refractivity contribution in [1.82, 2.24) is 9.55 Å². The fraction of sp³-hybridized carbons (Fsp3) is 0. The first-order valence-corrected chi connectivity index (χ1v) is 6.58. The minimum Gasteiger partial charge on any atom is -0.464 e. The maximum Gasteiger partial charge on any atom is 0.418 e. The van der Waals surface area contributed by atoms with Crippen LogP contribution in [0.3, 0.4) is 0 Å². The first kappa shape index (κ1) is 14.4. The Morgan fingerprint density at radius 1 is 1.26 bits per heavy atom. The summed E-state index contributed by atoms with van der Waals surface area (Å²) in [6.45, 7) is 0. The Morgan fingerprint density at radius 2 is 2.09 bits per heavy atom. The maximum absolute atomic E-state index is 12.0. The zero-order valence-electron chi connectivity index (χ0n) is 11.8. The van der Waals surface area contributed by atoms with Crippen LogP contribution in [0.1, 0.15) is 10.6 Å². The van der Waals surface area contributed by atoms with Crippen LogP contribution < -0.4 is 11.1 Å². The molecule has 0 aliphatic rings. The molecule has 0 bridgehead atoms. The van der Waals surface area contributed by atoms with Crippen molar-refractivity contribution in [3.05, 3.63) is 54.6 Å². The van der Waals surface area contributed by atoms with E-state index in [2.05, 4.69) is 10.3 Å². The molecule has 0 fully saturated rings. The van der Waals surface area contributed by atoms with Crippen molar-refractivity contribution < 1.29 is 19.1 Å². The third-order valence-corrected chi connectivity index (χ3v) is 3.14. The van der Waals surface area contributed by atoms with E-state index in [-0.39, 0.29) is 11.7 Å². The van der Waals surface area contributed by atoms with Crippen molar-refractivity contribution in [1.29, 1.82) is 0 Å². The minimum atomic E-state index is -1.24. The van der Waals surface area contributed by atoms with Crippen molar-refractivity contribution in [2.24, 2.45) is 0 Å². The Bertz CT molecular complexity index is 867. The number of nitrogens with two attached hydrogens (primary N) is 1. The molecule has 2 aromatic heterocycles. The standard InChI is InChI=1S/C15H12N4O4/c16-14-17-8-11(19(14)15(21)22)9-3-1-4-10(7-9)18-13(20)12-5-2-6-23-12/h1-8H,(H2,16,17)(H,18,20)(H,21,22). The van der Waals surface area contributed by atoms with Crippen LogP contribution in [-0.2, 0) is 0 Å². The van der Waals surface area contributed by atoms with Gasteiger partial charge in [-0.2, -0.15) is 0 Å². The van der Waals surface area contributed by atoms with Crippen LogP contribution in [0.2, 0.25) is 0 Å². The Labute approximate surface area is 130 Å². The fourth-order valence-electron chi connectivity index (χ4n) is 2.13. The van der Waals surface area contributed by atoms with Gasteiger partial charge in [0.05, 0.1) is 18.2 Å². The van der Waals surface area contributed by atoms with E-state index in [4.69, 9.17) is 10.2 Å². The zero-order chi connectivity index (χ0) is 16.4. The minimum absolute atomic E-state index is 0.127. The van der Waals surface area contributed by atoms with Crippen LogP contribution in [0, 0.1) is 0 Å². The molecule has 1 amide bonds. The normalized spacial score (nSPS) is 10.4. The van der Waals surface area contributed by atoms with Crippen LogP contribution in [0.25, 0.3) is 11.3 Å². The average Bonchev–Trinajstić information content (AvgIpc) is 3.16. The summed E-state index contributed by atoms with van der Waals surface area (Å²) in [6.07, 6.45) is 1.52. The molecule has 8 heteroatoms. The number of nitrogen functional groups attached to an aromatic ring is 1. The van der Waals surface area contributed by atoms with Gasteiger partial charge < -0.3 is 20.6 Å². The zero-order valence-corrected chi connectivity index (χ0v) is 11.8. The number of carboxylic acid groups (broad SMARTS) is 1. The number of hydrogen-bond acceptors (Lipinski definition) is 5. The summed E-state index contributed by atoms with van der Waals surface area (Å²) < 4.78 is 5.88. The van der Waals surface area contributed by atoms with Crippen LogP contribution in [0.5, 0.6) is 0 Å². The first-order valence-electron chi connectivity index (χ1n) is 6.58. The number of carbonyl (C=O) groups excluding carboxylic acids is 1. The molecule has 0 aliphatic carbocycles. The molecule has 0 atom stereocenters. The van der Waals surface area contributed by atoms with Gasteiger partial charge in [-0.15, -0.1) is 0 Å². The van der Waals surface area contributed by atoms with E-state index < -0.39 is 12.0 Å². The van der Waals surface area contributed by atoms with E-state index >= 15 is 0 Å². The molecule has 116 valence electrons. The number of nitrogens with one attached hydrogen (secondary N) is 1. The van der Waals surface area contributed by atoms with E-state index in [1.165, 1.54) is 12.5 Å². The van der Waals surface area contributed by atoms with Crippen LogP contribution in [0.15, 0.2) is 53.3 Å². The average molecular weight is 312 g/mol. The summed E-state index contributed by atoms with van der Waals surface area (Å²) in [5.41, 5.74) is 6.90. The van der Waals surface area contributed by atoms with Gasteiger partial charge in [0, 0.05) is 11.3 Å². The number of imidazole rings is 1. The Balaban J connectivity index is 1.92. The second-order valence-corrected chi connectivity index (χ2v) is 4.63. The van der Waals surface area contributed by atoms with Gasteiger partial charge >= 0.3 is 6.09 Å². The van der Waals surface area contributed by atoms with E-state index in [0.29, 0.717) is 16.9 Å². The lowest BCUT2D eigenvalue weighted by Gasteiger charge is -2.07. The van der Waals surface area contributed by atoms with E-state index in [1.807, 2.05) is 0 Å². The molecule has 0 spiro atoms. The number of rotatable bonds is 3. The SMILES string of the molecule is Nc1ncc(-c2cccc(NC(=O)c3ccco3)c2)n1C(=O)O. The number of anilines is 2. The maximum atomic E-state index is 12.0. The highest BCUT2D eigenvalue weighted by Gasteiger charge is 2.16. The molecule has 8 nitrogen and oxygen atoms in total. The summed E-state index contributed by atoms with van der Waals surface area (Å²) in [4.78, 5) is 27.0. The van der Waals surface area contributed by atoms with Crippen LogP contribution >= 0.6 is 0 Å². The molecule has 0 unspecified atom stereocenters. The van der Waals surface area contributed by atoms with Gasteiger partial charge in [0.25, 0.3) is 5.91 Å². The predicted octanol–water partition coefficient (Wildman–Crippen LogP) is 2.50. The van der Waals surface area contributed by atoms with Gasteiger partial charge in [-0.1, -0.05) is 12.1 Å². The summed E-state index contributed by atoms with van der Waals surface area (Å²) in [6, 6.07) is 9.83. The number of benzene rings is 1. The third-order valence-electron chi connectivity index (χ3n) is 3.14. The van der Waals surface area contributed by atoms with Gasteiger partial charge in [-0.25, -0.2) is 14.3 Å². The summed E-state index contributed by atoms with van der Waals surface area (Å²) >= 11 is 0. The molecule has 23 heavy (non-hydrogen) atoms. The van der Waals surface area contributed by atoms with E-state index in [0.717, 1.165) is 4.57 Å². The Morgan fingerprint density at radius 3 is 2.78 bits per heavy atom. The number of aromatic nitrogens is 2. The highest BCUT2D eigenvalue weighted by atomic mass is 16.4. The second-order valence-electron chi connectivity index (χ2n) is 4.63. The van der Waals surface area contributed by atoms with Crippen molar-refractivity contribution in [3.63, 3.8) is 0 Å². The van der Waals surface area contributed by atoms with E-state index in [9.17, 15) is 14.7 Å². The van der Waals surface area contributed by atoms with Gasteiger partial charge in [-0.3, -0.25) is 4.79 Å². The molecule has 0 radical (unpaired) electrons. The first-order chi connectivity index (χ1) is 11.1. The quantitative estimate of drug-likeness (QED) is 0.682. The second kappa shape index (κ2) is 5.68. The van der Waals surface area contributed by atoms with Gasteiger partial charge in [-0.05, 0) is 24.3 Å². The molecule has 0 saturated carbocycles. The van der Waals surface area contributed by atoms with Crippen molar-refractivity contribution in [3.8, 4) is 11.3 Å². The van der Waals surface area contributed by atoms with E-state index in [1.54, 1.807) is 36.4 Å². The molecule has 1 aromatic carbocycles. The molecular formula is C15H12N4O4. The lowest BCUT2D eigenvalue weighted by atomic mass is 10.1. The molecular weight excluding hydrogens is 300 g/mol. The van der Waals surface area contributed by atoms with Crippen molar-refractivity contribution >= 4 is 23.6 Å². The van der Waals surface area contributed by atoms with Gasteiger partial charge in [0.2, 0.25) is 5.95 Å². The van der Waals surface area contributed by atoms with Gasteiger partial charge in [0.1, 0.15) is 0 Å². The Hall–Kier alpha value is -3.55.